The number of amides is 3. The van der Waals surface area contributed by atoms with Gasteiger partial charge in [0.2, 0.25) is 11.8 Å². The number of halogens is 1. The lowest BCUT2D eigenvalue weighted by Gasteiger charge is -2.20. The van der Waals surface area contributed by atoms with Gasteiger partial charge in [-0.3, -0.25) is 14.4 Å². The van der Waals surface area contributed by atoms with Gasteiger partial charge in [0.25, 0.3) is 15.9 Å². The van der Waals surface area contributed by atoms with Crippen molar-refractivity contribution >= 4 is 52.0 Å². The van der Waals surface area contributed by atoms with E-state index in [1.54, 1.807) is 24.3 Å². The predicted molar refractivity (Wildman–Crippen MR) is 156 cm³/mol. The molecule has 0 radical (unpaired) electrons. The summed E-state index contributed by atoms with van der Waals surface area (Å²) in [5.41, 5.74) is 7.71. The topological polar surface area (TPSA) is 156 Å². The maximum atomic E-state index is 12.9. The molecule has 0 bridgehead atoms. The fourth-order valence-corrected chi connectivity index (χ4v) is 5.86. The molecule has 3 aromatic rings. The monoisotopic (exact) mass is 603 g/mol. The molecular weight excluding hydrogens is 574 g/mol. The molecule has 0 aromatic heterocycles. The van der Waals surface area contributed by atoms with Gasteiger partial charge in [-0.05, 0) is 36.6 Å². The van der Waals surface area contributed by atoms with Crippen LogP contribution in [0.15, 0.2) is 77.7 Å². The molecule has 40 heavy (non-hydrogen) atoms. The Morgan fingerprint density at radius 2 is 1.57 bits per heavy atom. The van der Waals surface area contributed by atoms with E-state index in [4.69, 9.17) is 17.3 Å². The Morgan fingerprint density at radius 3 is 2.17 bits per heavy atom. The van der Waals surface area contributed by atoms with Gasteiger partial charge in [0.1, 0.15) is 12.1 Å². The van der Waals surface area contributed by atoms with E-state index in [1.165, 1.54) is 18.2 Å². The van der Waals surface area contributed by atoms with E-state index in [-0.39, 0.29) is 33.6 Å². The first kappa shape index (κ1) is 31.2. The minimum atomic E-state index is -4.32. The average molecular weight is 604 g/mol. The van der Waals surface area contributed by atoms with Gasteiger partial charge in [-0.15, -0.1) is 0 Å². The highest BCUT2D eigenvalue weighted by atomic mass is 35.5. The molecule has 0 saturated carbocycles. The number of thiol groups is 1. The Morgan fingerprint density at radius 1 is 0.925 bits per heavy atom. The van der Waals surface area contributed by atoms with Crippen LogP contribution in [-0.4, -0.2) is 49.1 Å². The molecule has 0 saturated heterocycles. The summed E-state index contributed by atoms with van der Waals surface area (Å²) in [4.78, 5) is 36.8. The van der Waals surface area contributed by atoms with E-state index < -0.39 is 39.9 Å². The SMILES string of the molecule is C[C@H](O)C(=O)NS(=O)(=O)c1ccccc1-c1ccc(CC(NC(=O)[C@@H](CS)Cc2ccccc2)C(N)=O)cc1Cl. The van der Waals surface area contributed by atoms with Crippen LogP contribution < -0.4 is 15.8 Å². The molecular formula is C28H30ClN3O6S2. The molecule has 0 heterocycles. The minimum absolute atomic E-state index is 0.0517. The number of hydrogen-bond acceptors (Lipinski definition) is 7. The third-order valence-electron chi connectivity index (χ3n) is 6.13. The van der Waals surface area contributed by atoms with Crippen LogP contribution >= 0.6 is 24.2 Å². The van der Waals surface area contributed by atoms with Crippen LogP contribution in [0.25, 0.3) is 11.1 Å². The van der Waals surface area contributed by atoms with Crippen molar-refractivity contribution in [2.24, 2.45) is 11.7 Å². The van der Waals surface area contributed by atoms with Crippen molar-refractivity contribution in [3.05, 3.63) is 88.9 Å². The van der Waals surface area contributed by atoms with E-state index in [1.807, 2.05) is 35.1 Å². The van der Waals surface area contributed by atoms with Crippen molar-refractivity contribution in [2.75, 3.05) is 5.75 Å². The third kappa shape index (κ3) is 8.07. The van der Waals surface area contributed by atoms with Gasteiger partial charge in [0, 0.05) is 28.3 Å². The second-order valence-corrected chi connectivity index (χ2v) is 11.6. The van der Waals surface area contributed by atoms with Crippen molar-refractivity contribution in [3.63, 3.8) is 0 Å². The van der Waals surface area contributed by atoms with E-state index in [2.05, 4.69) is 17.9 Å². The van der Waals surface area contributed by atoms with Gasteiger partial charge in [-0.25, -0.2) is 13.1 Å². The largest absolute Gasteiger partial charge is 0.384 e. The lowest BCUT2D eigenvalue weighted by Crippen LogP contribution is -2.48. The summed E-state index contributed by atoms with van der Waals surface area (Å²) in [6, 6.07) is 19.1. The molecule has 0 fully saturated rings. The number of carbonyl (C=O) groups is 3. The number of primary amides is 1. The van der Waals surface area contributed by atoms with Gasteiger partial charge >= 0.3 is 0 Å². The zero-order valence-electron chi connectivity index (χ0n) is 21.6. The third-order valence-corrected chi connectivity index (χ3v) is 8.29. The second kappa shape index (κ2) is 13.8. The van der Waals surface area contributed by atoms with Gasteiger partial charge in [-0.1, -0.05) is 72.3 Å². The Kier molecular flexibility index (Phi) is 10.7. The van der Waals surface area contributed by atoms with Crippen molar-refractivity contribution in [1.82, 2.24) is 10.0 Å². The summed E-state index contributed by atoms with van der Waals surface area (Å²) in [7, 11) is -4.32. The molecule has 0 spiro atoms. The van der Waals surface area contributed by atoms with Crippen LogP contribution in [0.2, 0.25) is 5.02 Å². The van der Waals surface area contributed by atoms with Crippen LogP contribution in [0.1, 0.15) is 18.1 Å². The smallest absolute Gasteiger partial charge is 0.264 e. The summed E-state index contributed by atoms with van der Waals surface area (Å²) in [5.74, 6) is -2.36. The summed E-state index contributed by atoms with van der Waals surface area (Å²) in [6.45, 7) is 1.15. The van der Waals surface area contributed by atoms with Crippen molar-refractivity contribution < 1.29 is 27.9 Å². The van der Waals surface area contributed by atoms with Gasteiger partial charge < -0.3 is 16.2 Å². The normalized spacial score (nSPS) is 13.6. The lowest BCUT2D eigenvalue weighted by molar-refractivity contribution is -0.129. The molecule has 0 aliphatic rings. The van der Waals surface area contributed by atoms with Crippen molar-refractivity contribution in [3.8, 4) is 11.1 Å². The summed E-state index contributed by atoms with van der Waals surface area (Å²) < 4.78 is 27.6. The van der Waals surface area contributed by atoms with Gasteiger partial charge in [0.15, 0.2) is 0 Å². The lowest BCUT2D eigenvalue weighted by atomic mass is 9.98. The summed E-state index contributed by atoms with van der Waals surface area (Å²) in [6.07, 6.45) is -1.02. The highest BCUT2D eigenvalue weighted by molar-refractivity contribution is 7.90. The number of carbonyl (C=O) groups excluding carboxylic acids is 3. The fourth-order valence-electron chi connectivity index (χ4n) is 3.99. The van der Waals surface area contributed by atoms with E-state index in [0.29, 0.717) is 17.5 Å². The zero-order chi connectivity index (χ0) is 29.4. The van der Waals surface area contributed by atoms with E-state index in [9.17, 15) is 27.9 Å². The number of rotatable bonds is 12. The number of hydrogen-bond donors (Lipinski definition) is 5. The predicted octanol–water partition coefficient (Wildman–Crippen LogP) is 2.49. The highest BCUT2D eigenvalue weighted by Crippen LogP contribution is 2.33. The Bertz CT molecular complexity index is 1480. The Labute approximate surface area is 243 Å². The molecule has 12 heteroatoms. The summed E-state index contributed by atoms with van der Waals surface area (Å²) in [5, 5.41) is 12.3. The van der Waals surface area contributed by atoms with E-state index in [0.717, 1.165) is 12.5 Å². The molecule has 9 nitrogen and oxygen atoms in total. The van der Waals surface area contributed by atoms with Crippen LogP contribution in [0.3, 0.4) is 0 Å². The molecule has 0 aliphatic carbocycles. The Balaban J connectivity index is 1.81. The first-order chi connectivity index (χ1) is 18.9. The first-order valence-corrected chi connectivity index (χ1v) is 14.8. The molecule has 3 atom stereocenters. The highest BCUT2D eigenvalue weighted by Gasteiger charge is 2.26. The van der Waals surface area contributed by atoms with Crippen molar-refractivity contribution in [2.45, 2.75) is 36.8 Å². The minimum Gasteiger partial charge on any atom is -0.384 e. The number of aliphatic hydroxyl groups is 1. The number of nitrogens with two attached hydrogens (primary N) is 1. The number of benzene rings is 3. The summed E-state index contributed by atoms with van der Waals surface area (Å²) >= 11 is 10.8. The molecule has 3 aromatic carbocycles. The van der Waals surface area contributed by atoms with Crippen LogP contribution in [0, 0.1) is 5.92 Å². The Hall–Kier alpha value is -3.38. The maximum Gasteiger partial charge on any atom is 0.264 e. The molecule has 1 unspecified atom stereocenters. The number of aliphatic hydroxyl groups excluding tert-OH is 1. The van der Waals surface area contributed by atoms with Crippen LogP contribution in [0.4, 0.5) is 0 Å². The molecule has 5 N–H and O–H groups in total. The molecule has 3 amide bonds. The zero-order valence-corrected chi connectivity index (χ0v) is 24.0. The fraction of sp³-hybridized carbons (Fsp3) is 0.250. The number of nitrogens with one attached hydrogen (secondary N) is 2. The molecule has 0 aliphatic heterocycles. The quantitative estimate of drug-likeness (QED) is 0.200. The van der Waals surface area contributed by atoms with E-state index >= 15 is 0 Å². The van der Waals surface area contributed by atoms with Crippen LogP contribution in [0.5, 0.6) is 0 Å². The van der Waals surface area contributed by atoms with Crippen molar-refractivity contribution in [1.29, 1.82) is 0 Å². The molecule has 3 rings (SSSR count). The van der Waals surface area contributed by atoms with Gasteiger partial charge in [-0.2, -0.15) is 12.6 Å². The van der Waals surface area contributed by atoms with Gasteiger partial charge in [0.05, 0.1) is 10.8 Å². The van der Waals surface area contributed by atoms with Crippen LogP contribution in [-0.2, 0) is 37.2 Å². The first-order valence-electron chi connectivity index (χ1n) is 12.3. The maximum absolute atomic E-state index is 12.9. The number of sulfonamides is 1. The average Bonchev–Trinajstić information content (AvgIpc) is 2.91. The standard InChI is InChI=1S/C28H30ClN3O6S2/c1-17(33)27(35)32-40(37,38)25-10-6-5-9-22(25)21-12-11-19(14-23(21)29)15-24(26(30)34)31-28(36)20(16-39)13-18-7-3-2-4-8-18/h2-12,14,17,20,24,33,39H,13,15-16H2,1H3,(H2,30,34)(H,31,36)(H,32,35)/t17-,20+,24?/m0/s1. The second-order valence-electron chi connectivity index (χ2n) is 9.19. The molecule has 212 valence electrons.